The number of fused-ring (bicyclic) bond motifs is 2. The molecule has 2 aliphatic heterocycles. The lowest BCUT2D eigenvalue weighted by atomic mass is 9.89. The summed E-state index contributed by atoms with van der Waals surface area (Å²) in [6, 6.07) is 18.1. The van der Waals surface area contributed by atoms with E-state index in [1.54, 1.807) is 42.2 Å². The van der Waals surface area contributed by atoms with Crippen molar-refractivity contribution in [3.05, 3.63) is 82.9 Å². The first-order valence-corrected chi connectivity index (χ1v) is 12.7. The second-order valence-corrected chi connectivity index (χ2v) is 10.00. The molecule has 1 atom stereocenters. The van der Waals surface area contributed by atoms with E-state index < -0.39 is 18.1 Å². The molecule has 1 unspecified atom stereocenters. The van der Waals surface area contributed by atoms with E-state index in [4.69, 9.17) is 4.74 Å². The third-order valence-corrected chi connectivity index (χ3v) is 7.39. The highest BCUT2D eigenvalue weighted by atomic mass is 19.1. The highest BCUT2D eigenvalue weighted by Gasteiger charge is 2.48. The summed E-state index contributed by atoms with van der Waals surface area (Å²) in [5.41, 5.74) is 2.96. The smallest absolute Gasteiger partial charge is 0.255 e. The van der Waals surface area contributed by atoms with Gasteiger partial charge in [0.05, 0.1) is 11.0 Å². The Hall–Kier alpha value is -4.73. The Morgan fingerprint density at radius 2 is 1.92 bits per heavy atom. The molecule has 1 fully saturated rings. The van der Waals surface area contributed by atoms with Crippen molar-refractivity contribution in [2.24, 2.45) is 0 Å². The number of H-pyrrole nitrogens is 1. The number of piperidine rings is 1. The van der Waals surface area contributed by atoms with Crippen molar-refractivity contribution in [2.75, 3.05) is 5.32 Å². The molecular formula is C29H26FN5O4. The number of amides is 3. The number of rotatable bonds is 7. The maximum absolute atomic E-state index is 13.7. The zero-order valence-corrected chi connectivity index (χ0v) is 21.2. The second-order valence-electron chi connectivity index (χ2n) is 10.00. The molecule has 1 aromatic heterocycles. The number of anilines is 1. The Morgan fingerprint density at radius 3 is 2.69 bits per heavy atom. The molecule has 0 aliphatic carbocycles. The molecule has 0 bridgehead atoms. The van der Waals surface area contributed by atoms with Crippen molar-refractivity contribution < 1.29 is 23.5 Å². The molecule has 198 valence electrons. The van der Waals surface area contributed by atoms with Gasteiger partial charge in [-0.2, -0.15) is 0 Å². The van der Waals surface area contributed by atoms with Crippen molar-refractivity contribution in [2.45, 2.75) is 45.1 Å². The van der Waals surface area contributed by atoms with Gasteiger partial charge < -0.3 is 19.9 Å². The number of hydrogen-bond donors (Lipinski definition) is 3. The number of nitrogens with zero attached hydrogens (tertiary/aromatic N) is 2. The summed E-state index contributed by atoms with van der Waals surface area (Å²) in [5, 5.41) is 5.61. The fourth-order valence-electron chi connectivity index (χ4n) is 5.10. The van der Waals surface area contributed by atoms with Crippen molar-refractivity contribution >= 4 is 34.7 Å². The highest BCUT2D eigenvalue weighted by molar-refractivity contribution is 6.07. The number of carbonyl (C=O) groups is 3. The van der Waals surface area contributed by atoms with E-state index >= 15 is 0 Å². The molecule has 9 nitrogen and oxygen atoms in total. The molecule has 4 aromatic rings. The number of imidazole rings is 1. The van der Waals surface area contributed by atoms with Crippen LogP contribution in [0.2, 0.25) is 0 Å². The monoisotopic (exact) mass is 527 g/mol. The average Bonchev–Trinajstić information content (AvgIpc) is 3.49. The minimum atomic E-state index is -1.07. The van der Waals surface area contributed by atoms with Crippen molar-refractivity contribution in [1.29, 1.82) is 0 Å². The first-order valence-electron chi connectivity index (χ1n) is 12.7. The van der Waals surface area contributed by atoms with Gasteiger partial charge in [-0.3, -0.25) is 19.7 Å². The van der Waals surface area contributed by atoms with Gasteiger partial charge in [-0.1, -0.05) is 30.3 Å². The van der Waals surface area contributed by atoms with Crippen LogP contribution in [0.4, 0.5) is 10.3 Å². The van der Waals surface area contributed by atoms with Gasteiger partial charge >= 0.3 is 0 Å². The van der Waals surface area contributed by atoms with Gasteiger partial charge in [0, 0.05) is 36.7 Å². The van der Waals surface area contributed by atoms with Gasteiger partial charge in [0.15, 0.2) is 0 Å². The number of halogens is 1. The predicted molar refractivity (Wildman–Crippen MR) is 142 cm³/mol. The zero-order valence-electron chi connectivity index (χ0n) is 21.2. The maximum atomic E-state index is 13.7. The molecule has 3 N–H and O–H groups in total. The summed E-state index contributed by atoms with van der Waals surface area (Å²) >= 11 is 0. The van der Waals surface area contributed by atoms with E-state index in [-0.39, 0.29) is 18.2 Å². The van der Waals surface area contributed by atoms with E-state index in [9.17, 15) is 18.8 Å². The molecule has 39 heavy (non-hydrogen) atoms. The fourth-order valence-corrected chi connectivity index (χ4v) is 5.10. The van der Waals surface area contributed by atoms with Crippen molar-refractivity contribution in [3.8, 4) is 11.5 Å². The molecule has 1 saturated heterocycles. The van der Waals surface area contributed by atoms with Gasteiger partial charge in [-0.15, -0.1) is 0 Å². The number of ether oxygens (including phenoxy) is 1. The number of hydrogen-bond acceptors (Lipinski definition) is 6. The average molecular weight is 528 g/mol. The first kappa shape index (κ1) is 24.6. The molecule has 3 aromatic carbocycles. The lowest BCUT2D eigenvalue weighted by Gasteiger charge is -2.39. The number of aromatic nitrogens is 2. The van der Waals surface area contributed by atoms with Crippen LogP contribution in [0.15, 0.2) is 60.7 Å². The Labute approximate surface area is 223 Å². The van der Waals surface area contributed by atoms with Crippen LogP contribution in [0.5, 0.6) is 11.5 Å². The minimum Gasteiger partial charge on any atom is -0.457 e. The number of nitrogens with one attached hydrogen (secondary N) is 3. The SMILES string of the molecule is CC1(N2Cc3cc(CNc4nc5cc(Oc6ccccc6)c(CF)cc5[nH]4)ccc3C2=O)CCC(=O)NC1=O. The number of carbonyl (C=O) groups excluding carboxylic acids is 3. The quantitative estimate of drug-likeness (QED) is 0.303. The Morgan fingerprint density at radius 1 is 1.10 bits per heavy atom. The second kappa shape index (κ2) is 9.54. The molecule has 0 spiro atoms. The van der Waals surface area contributed by atoms with Crippen LogP contribution in [0.25, 0.3) is 11.0 Å². The number of benzene rings is 3. The molecule has 0 radical (unpaired) electrons. The lowest BCUT2D eigenvalue weighted by molar-refractivity contribution is -0.142. The highest BCUT2D eigenvalue weighted by Crippen LogP contribution is 2.35. The molecule has 3 heterocycles. The largest absolute Gasteiger partial charge is 0.457 e. The molecular weight excluding hydrogens is 501 g/mol. The fraction of sp³-hybridized carbons (Fsp3) is 0.241. The molecule has 0 saturated carbocycles. The Bertz CT molecular complexity index is 1620. The third kappa shape index (κ3) is 4.47. The van der Waals surface area contributed by atoms with Crippen molar-refractivity contribution in [3.63, 3.8) is 0 Å². The van der Waals surface area contributed by atoms with E-state index in [1.807, 2.05) is 30.3 Å². The van der Waals surface area contributed by atoms with Gasteiger partial charge in [0.2, 0.25) is 11.9 Å². The zero-order chi connectivity index (χ0) is 27.1. The van der Waals surface area contributed by atoms with Crippen LogP contribution >= 0.6 is 0 Å². The predicted octanol–water partition coefficient (Wildman–Crippen LogP) is 4.59. The van der Waals surface area contributed by atoms with E-state index in [0.29, 0.717) is 59.1 Å². The lowest BCUT2D eigenvalue weighted by Crippen LogP contribution is -2.61. The molecule has 2 aliphatic rings. The molecule has 6 rings (SSSR count). The molecule has 10 heteroatoms. The standard InChI is InChI=1S/C29H26FN5O4/c1-29(10-9-25(36)34-27(29)38)35-16-19-11-17(7-8-21(19)26(35)37)15-31-28-32-22-12-18(14-30)24(13-23(22)33-28)39-20-5-3-2-4-6-20/h2-8,11-13H,9-10,14-16H2,1H3,(H2,31,32,33)(H,34,36,38). The Balaban J connectivity index is 1.17. The first-order chi connectivity index (χ1) is 18.8. The van der Waals surface area contributed by atoms with E-state index in [0.717, 1.165) is 11.1 Å². The summed E-state index contributed by atoms with van der Waals surface area (Å²) in [5.74, 6) is 0.556. The molecule has 3 amide bonds. The maximum Gasteiger partial charge on any atom is 0.255 e. The Kier molecular flexibility index (Phi) is 6.02. The summed E-state index contributed by atoms with van der Waals surface area (Å²) in [4.78, 5) is 46.6. The van der Waals surface area contributed by atoms with Gasteiger partial charge in [0.1, 0.15) is 23.7 Å². The minimum absolute atomic E-state index is 0.196. The van der Waals surface area contributed by atoms with Crippen molar-refractivity contribution in [1.82, 2.24) is 20.2 Å². The number of imide groups is 1. The summed E-state index contributed by atoms with van der Waals surface area (Å²) in [6.45, 7) is 1.74. The van der Waals surface area contributed by atoms with Gasteiger partial charge in [-0.25, -0.2) is 9.37 Å². The van der Waals surface area contributed by atoms with Gasteiger partial charge in [-0.05, 0) is 48.7 Å². The topological polar surface area (TPSA) is 116 Å². The normalized spacial score (nSPS) is 18.8. The number of alkyl halides is 1. The number of aromatic amines is 1. The summed E-state index contributed by atoms with van der Waals surface area (Å²) < 4.78 is 19.6. The van der Waals surface area contributed by atoms with Crippen LogP contribution in [0, 0.1) is 0 Å². The van der Waals surface area contributed by atoms with Crippen LogP contribution < -0.4 is 15.4 Å². The van der Waals surface area contributed by atoms with Crippen LogP contribution in [-0.4, -0.2) is 38.1 Å². The van der Waals surface area contributed by atoms with Gasteiger partial charge in [0.25, 0.3) is 11.8 Å². The van der Waals surface area contributed by atoms with Crippen LogP contribution in [0.3, 0.4) is 0 Å². The van der Waals surface area contributed by atoms with E-state index in [1.165, 1.54) is 0 Å². The summed E-state index contributed by atoms with van der Waals surface area (Å²) in [7, 11) is 0. The third-order valence-electron chi connectivity index (χ3n) is 7.39. The summed E-state index contributed by atoms with van der Waals surface area (Å²) in [6.07, 6.45) is 0.488. The van der Waals surface area contributed by atoms with Crippen LogP contribution in [-0.2, 0) is 29.4 Å². The van der Waals surface area contributed by atoms with E-state index in [2.05, 4.69) is 20.6 Å². The van der Waals surface area contributed by atoms with Crippen LogP contribution in [0.1, 0.15) is 46.8 Å². The number of para-hydroxylation sites is 1.